The van der Waals surface area contributed by atoms with Crippen molar-refractivity contribution in [2.24, 2.45) is 0 Å². The summed E-state index contributed by atoms with van der Waals surface area (Å²) in [6.45, 7) is 0. The fourth-order valence-corrected chi connectivity index (χ4v) is 8.94. The van der Waals surface area contributed by atoms with Crippen LogP contribution in [0.3, 0.4) is 0 Å². The molecule has 0 atom stereocenters. The zero-order valence-corrected chi connectivity index (χ0v) is 30.3. The van der Waals surface area contributed by atoms with Crippen LogP contribution in [0.4, 0.5) is 0 Å². The van der Waals surface area contributed by atoms with Crippen LogP contribution in [0.25, 0.3) is 110 Å². The molecule has 56 heavy (non-hydrogen) atoms. The molecule has 9 aromatic carbocycles. The number of aromatic nitrogens is 4. The molecule has 12 rings (SSSR count). The van der Waals surface area contributed by atoms with Gasteiger partial charge in [0.2, 0.25) is 0 Å². The Hall–Kier alpha value is -7.56. The number of hydrogen-bond acceptors (Lipinski definition) is 2. The number of benzene rings is 9. The summed E-state index contributed by atoms with van der Waals surface area (Å²) in [6, 6.07) is 69.6. The Kier molecular flexibility index (Phi) is 6.60. The van der Waals surface area contributed by atoms with E-state index in [0.29, 0.717) is 0 Å². The number of hydrogen-bond donors (Lipinski definition) is 0. The van der Waals surface area contributed by atoms with E-state index in [0.717, 1.165) is 50.3 Å². The fraction of sp³-hybridized carbons (Fsp3) is 0. The highest BCUT2D eigenvalue weighted by molar-refractivity contribution is 6.28. The molecule has 12 aromatic rings. The van der Waals surface area contributed by atoms with Gasteiger partial charge in [0.25, 0.3) is 0 Å². The van der Waals surface area contributed by atoms with E-state index >= 15 is 0 Å². The zero-order valence-electron chi connectivity index (χ0n) is 30.3. The average Bonchev–Trinajstić information content (AvgIpc) is 3.77. The van der Waals surface area contributed by atoms with Crippen LogP contribution in [0, 0.1) is 0 Å². The first-order chi connectivity index (χ1) is 27.8. The SMILES string of the molecule is c1ccc(-c2ccc(-n3c4cc5c(cc4c4c6ccc7ccccc7c6ccc43)c3ccccc3n5-c3nc4ccccc4nc3-c3ccccc3)cc2)cc1. The smallest absolute Gasteiger partial charge is 0.165 e. The van der Waals surface area contributed by atoms with Crippen molar-refractivity contribution in [3.05, 3.63) is 194 Å². The summed E-state index contributed by atoms with van der Waals surface area (Å²) < 4.78 is 4.78. The highest BCUT2D eigenvalue weighted by atomic mass is 15.1. The molecule has 0 saturated heterocycles. The van der Waals surface area contributed by atoms with Crippen LogP contribution in [0.5, 0.6) is 0 Å². The minimum atomic E-state index is 0.812. The van der Waals surface area contributed by atoms with Gasteiger partial charge in [0.1, 0.15) is 5.69 Å². The van der Waals surface area contributed by atoms with Crippen LogP contribution < -0.4 is 0 Å². The summed E-state index contributed by atoms with van der Waals surface area (Å²) in [5.74, 6) is 0.812. The first-order valence-corrected chi connectivity index (χ1v) is 19.1. The quantitative estimate of drug-likeness (QED) is 0.170. The normalized spacial score (nSPS) is 11.9. The Morgan fingerprint density at radius 3 is 1.75 bits per heavy atom. The van der Waals surface area contributed by atoms with Gasteiger partial charge in [-0.2, -0.15) is 0 Å². The third-order valence-electron chi connectivity index (χ3n) is 11.5. The van der Waals surface area contributed by atoms with Crippen molar-refractivity contribution in [3.8, 4) is 33.9 Å². The Bertz CT molecular complexity index is 3510. The fourth-order valence-electron chi connectivity index (χ4n) is 8.94. The van der Waals surface area contributed by atoms with E-state index in [1.807, 2.05) is 24.3 Å². The van der Waals surface area contributed by atoms with E-state index in [-0.39, 0.29) is 0 Å². The average molecular weight is 713 g/mol. The van der Waals surface area contributed by atoms with Crippen LogP contribution in [-0.4, -0.2) is 19.1 Å². The van der Waals surface area contributed by atoms with Crippen molar-refractivity contribution in [1.82, 2.24) is 19.1 Å². The van der Waals surface area contributed by atoms with Crippen molar-refractivity contribution in [3.63, 3.8) is 0 Å². The summed E-state index contributed by atoms with van der Waals surface area (Å²) in [4.78, 5) is 10.7. The molecule has 0 radical (unpaired) electrons. The molecule has 0 amide bonds. The first-order valence-electron chi connectivity index (χ1n) is 19.1. The highest BCUT2D eigenvalue weighted by Crippen LogP contribution is 2.44. The van der Waals surface area contributed by atoms with Crippen LogP contribution in [0.15, 0.2) is 194 Å². The van der Waals surface area contributed by atoms with Crippen LogP contribution in [0.1, 0.15) is 0 Å². The molecule has 4 nitrogen and oxygen atoms in total. The number of nitrogens with zero attached hydrogens (tertiary/aromatic N) is 4. The second-order valence-electron chi connectivity index (χ2n) is 14.6. The molecule has 3 heterocycles. The maximum atomic E-state index is 5.40. The van der Waals surface area contributed by atoms with Gasteiger partial charge in [-0.25, -0.2) is 9.97 Å². The Morgan fingerprint density at radius 2 is 0.946 bits per heavy atom. The number of fused-ring (bicyclic) bond motifs is 11. The predicted octanol–water partition coefficient (Wildman–Crippen LogP) is 13.5. The molecular formula is C52H32N4. The highest BCUT2D eigenvalue weighted by Gasteiger charge is 2.23. The van der Waals surface area contributed by atoms with Crippen LogP contribution >= 0.6 is 0 Å². The third kappa shape index (κ3) is 4.53. The van der Waals surface area contributed by atoms with Gasteiger partial charge in [-0.05, 0) is 81.2 Å². The van der Waals surface area contributed by atoms with E-state index < -0.39 is 0 Å². The standard InChI is InChI=1S/C52H32N4/c1-3-13-33(14-4-1)34-23-26-37(27-24-34)55-47-30-29-39-38-18-8-7-15-35(38)25-28-41(39)50(47)43-31-42-40-19-9-12-22-46(40)56(48(42)32-49(43)55)52-51(36-16-5-2-6-17-36)53-44-20-10-11-21-45(44)54-52/h1-32H. The molecule has 0 aliphatic heterocycles. The van der Waals surface area contributed by atoms with Gasteiger partial charge in [-0.3, -0.25) is 4.57 Å². The molecular weight excluding hydrogens is 681 g/mol. The van der Waals surface area contributed by atoms with E-state index in [4.69, 9.17) is 9.97 Å². The van der Waals surface area contributed by atoms with Crippen molar-refractivity contribution >= 4 is 76.2 Å². The summed E-state index contributed by atoms with van der Waals surface area (Å²) in [5.41, 5.74) is 11.6. The molecule has 0 N–H and O–H groups in total. The van der Waals surface area contributed by atoms with Gasteiger partial charge in [0, 0.05) is 32.8 Å². The van der Waals surface area contributed by atoms with E-state index in [2.05, 4.69) is 179 Å². The Morgan fingerprint density at radius 1 is 0.321 bits per heavy atom. The molecule has 0 saturated carbocycles. The Labute approximate surface area is 322 Å². The summed E-state index contributed by atoms with van der Waals surface area (Å²) in [5, 5.41) is 9.85. The maximum absolute atomic E-state index is 5.40. The van der Waals surface area contributed by atoms with E-state index in [1.54, 1.807) is 0 Å². The predicted molar refractivity (Wildman–Crippen MR) is 234 cm³/mol. The lowest BCUT2D eigenvalue weighted by atomic mass is 9.98. The van der Waals surface area contributed by atoms with Crippen LogP contribution in [-0.2, 0) is 0 Å². The second-order valence-corrected chi connectivity index (χ2v) is 14.6. The van der Waals surface area contributed by atoms with Gasteiger partial charge in [0.15, 0.2) is 5.82 Å². The molecule has 0 bridgehead atoms. The molecule has 3 aromatic heterocycles. The van der Waals surface area contributed by atoms with Crippen molar-refractivity contribution in [2.45, 2.75) is 0 Å². The lowest BCUT2D eigenvalue weighted by Crippen LogP contribution is -2.03. The maximum Gasteiger partial charge on any atom is 0.165 e. The van der Waals surface area contributed by atoms with Crippen molar-refractivity contribution in [2.75, 3.05) is 0 Å². The van der Waals surface area contributed by atoms with E-state index in [9.17, 15) is 0 Å². The minimum Gasteiger partial charge on any atom is -0.309 e. The summed E-state index contributed by atoms with van der Waals surface area (Å²) in [7, 11) is 0. The lowest BCUT2D eigenvalue weighted by Gasteiger charge is -2.14. The first kappa shape index (κ1) is 30.9. The number of rotatable bonds is 4. The van der Waals surface area contributed by atoms with Crippen molar-refractivity contribution in [1.29, 1.82) is 0 Å². The molecule has 0 spiro atoms. The molecule has 0 unspecified atom stereocenters. The molecule has 0 aliphatic rings. The second kappa shape index (κ2) is 12.0. The minimum absolute atomic E-state index is 0.812. The lowest BCUT2D eigenvalue weighted by molar-refractivity contribution is 1.08. The molecule has 4 heteroatoms. The zero-order chi connectivity index (χ0) is 36.7. The molecule has 0 fully saturated rings. The third-order valence-corrected chi connectivity index (χ3v) is 11.5. The van der Waals surface area contributed by atoms with Gasteiger partial charge in [-0.1, -0.05) is 146 Å². The largest absolute Gasteiger partial charge is 0.309 e. The van der Waals surface area contributed by atoms with Gasteiger partial charge in [0.05, 0.1) is 33.1 Å². The van der Waals surface area contributed by atoms with E-state index in [1.165, 1.54) is 59.7 Å². The van der Waals surface area contributed by atoms with Gasteiger partial charge < -0.3 is 4.57 Å². The number of para-hydroxylation sites is 3. The van der Waals surface area contributed by atoms with Gasteiger partial charge in [-0.15, -0.1) is 0 Å². The van der Waals surface area contributed by atoms with Crippen molar-refractivity contribution < 1.29 is 0 Å². The monoisotopic (exact) mass is 712 g/mol. The summed E-state index contributed by atoms with van der Waals surface area (Å²) in [6.07, 6.45) is 0. The van der Waals surface area contributed by atoms with Crippen LogP contribution in [0.2, 0.25) is 0 Å². The Balaban J connectivity index is 1.22. The molecule has 260 valence electrons. The summed E-state index contributed by atoms with van der Waals surface area (Å²) >= 11 is 0. The topological polar surface area (TPSA) is 35.6 Å². The van der Waals surface area contributed by atoms with Gasteiger partial charge >= 0.3 is 0 Å². The molecule has 0 aliphatic carbocycles.